The van der Waals surface area contributed by atoms with Crippen molar-refractivity contribution in [3.05, 3.63) is 40.9 Å². The Morgan fingerprint density at radius 1 is 0.742 bits per heavy atom. The molecule has 0 aliphatic heterocycles. The zero-order chi connectivity index (χ0) is 21.7. The van der Waals surface area contributed by atoms with Gasteiger partial charge >= 0.3 is 0 Å². The molecule has 0 heterocycles. The molecular weight excluding hydrogens is 396 g/mol. The molecule has 1 fully saturated rings. The Labute approximate surface area is 198 Å². The summed E-state index contributed by atoms with van der Waals surface area (Å²) in [5.41, 5.74) is 2.75. The van der Waals surface area contributed by atoms with Gasteiger partial charge in [0.15, 0.2) is 0 Å². The zero-order valence-electron chi connectivity index (χ0n) is 20.2. The Bertz CT molecular complexity index is 638. The molecule has 1 atom stereocenters. The van der Waals surface area contributed by atoms with Gasteiger partial charge < -0.3 is 0 Å². The average Bonchev–Trinajstić information content (AvgIpc) is 2.81. The van der Waals surface area contributed by atoms with Crippen LogP contribution in [0, 0.1) is 17.8 Å². The van der Waals surface area contributed by atoms with Crippen molar-refractivity contribution in [3.63, 3.8) is 0 Å². The minimum Gasteiger partial charge on any atom is -0.0837 e. The van der Waals surface area contributed by atoms with E-state index in [1.54, 1.807) is 0 Å². The normalized spacial score (nSPS) is 24.2. The lowest BCUT2D eigenvalue weighted by Gasteiger charge is -2.35. The maximum atomic E-state index is 6.42. The van der Waals surface area contributed by atoms with E-state index < -0.39 is 0 Å². The molecule has 1 aromatic carbocycles. The van der Waals surface area contributed by atoms with Gasteiger partial charge in [-0.25, -0.2) is 0 Å². The quantitative estimate of drug-likeness (QED) is 0.266. The van der Waals surface area contributed by atoms with Crippen LogP contribution in [0.2, 0.25) is 5.02 Å². The molecule has 0 aromatic heterocycles. The number of halogens is 1. The third-order valence-corrected chi connectivity index (χ3v) is 8.52. The molecule has 0 amide bonds. The monoisotopic (exact) mass is 442 g/mol. The number of hydrogen-bond donors (Lipinski definition) is 0. The molecule has 1 unspecified atom stereocenters. The van der Waals surface area contributed by atoms with Gasteiger partial charge in [-0.05, 0) is 67.1 Å². The van der Waals surface area contributed by atoms with Crippen LogP contribution in [0.15, 0.2) is 30.3 Å². The van der Waals surface area contributed by atoms with E-state index in [0.29, 0.717) is 0 Å². The van der Waals surface area contributed by atoms with Gasteiger partial charge in [-0.3, -0.25) is 0 Å². The lowest BCUT2D eigenvalue weighted by Crippen LogP contribution is -2.23. The second kappa shape index (κ2) is 14.4. The van der Waals surface area contributed by atoms with Crippen LogP contribution in [0.4, 0.5) is 0 Å². The molecule has 0 radical (unpaired) electrons. The van der Waals surface area contributed by atoms with Crippen LogP contribution in [0.25, 0.3) is 5.57 Å². The molecule has 174 valence electrons. The number of benzene rings is 1. The van der Waals surface area contributed by atoms with Crippen LogP contribution < -0.4 is 0 Å². The molecule has 3 rings (SSSR count). The van der Waals surface area contributed by atoms with Crippen LogP contribution in [0.1, 0.15) is 128 Å². The fraction of sp³-hybridized carbons (Fsp3) is 0.733. The summed E-state index contributed by atoms with van der Waals surface area (Å²) in [6, 6.07) is 8.36. The maximum Gasteiger partial charge on any atom is 0.0481 e. The van der Waals surface area contributed by atoms with Crippen molar-refractivity contribution in [2.45, 2.75) is 122 Å². The highest BCUT2D eigenvalue weighted by Gasteiger charge is 2.28. The molecule has 0 spiro atoms. The minimum atomic E-state index is 0.916. The SMILES string of the molecule is CCCCCCCCCCCCC1CCC(C2CC=C(c3ccccc3Cl)CC2)CC1. The first kappa shape index (κ1) is 24.9. The molecule has 1 aromatic rings. The van der Waals surface area contributed by atoms with Gasteiger partial charge in [0, 0.05) is 5.02 Å². The Kier molecular flexibility index (Phi) is 11.6. The first-order valence-electron chi connectivity index (χ1n) is 13.7. The van der Waals surface area contributed by atoms with Crippen LogP contribution >= 0.6 is 11.6 Å². The van der Waals surface area contributed by atoms with Gasteiger partial charge in [0.25, 0.3) is 0 Å². The second-order valence-corrected chi connectivity index (χ2v) is 10.9. The Balaban J connectivity index is 1.24. The van der Waals surface area contributed by atoms with Crippen molar-refractivity contribution < 1.29 is 0 Å². The van der Waals surface area contributed by atoms with E-state index in [1.807, 2.05) is 12.1 Å². The van der Waals surface area contributed by atoms with Crippen molar-refractivity contribution in [3.8, 4) is 0 Å². The van der Waals surface area contributed by atoms with Crippen molar-refractivity contribution in [1.82, 2.24) is 0 Å². The average molecular weight is 443 g/mol. The van der Waals surface area contributed by atoms with Crippen molar-refractivity contribution in [2.24, 2.45) is 17.8 Å². The molecule has 2 aliphatic carbocycles. The highest BCUT2D eigenvalue weighted by molar-refractivity contribution is 6.32. The number of allylic oxidation sites excluding steroid dienone is 2. The van der Waals surface area contributed by atoms with Gasteiger partial charge in [0.1, 0.15) is 0 Å². The number of rotatable bonds is 13. The first-order valence-corrected chi connectivity index (χ1v) is 14.1. The third kappa shape index (κ3) is 8.60. The summed E-state index contributed by atoms with van der Waals surface area (Å²) in [7, 11) is 0. The molecule has 1 heteroatoms. The second-order valence-electron chi connectivity index (χ2n) is 10.5. The zero-order valence-corrected chi connectivity index (χ0v) is 21.0. The molecule has 0 nitrogen and oxygen atoms in total. The van der Waals surface area contributed by atoms with E-state index in [0.717, 1.165) is 22.8 Å². The largest absolute Gasteiger partial charge is 0.0837 e. The summed E-state index contributed by atoms with van der Waals surface area (Å²) in [6.07, 6.45) is 28.4. The Hall–Kier alpha value is -0.750. The summed E-state index contributed by atoms with van der Waals surface area (Å²) in [6.45, 7) is 2.30. The standard InChI is InChI=1S/C30H47Cl/c1-2-3-4-5-6-7-8-9-10-11-14-25-17-19-26(20-18-25)27-21-23-28(24-22-27)29-15-12-13-16-30(29)31/h12-13,15-16,23,25-27H,2-11,14,17-22,24H2,1H3. The van der Waals surface area contributed by atoms with E-state index in [2.05, 4.69) is 25.1 Å². The highest BCUT2D eigenvalue weighted by atomic mass is 35.5. The fourth-order valence-electron chi connectivity index (χ4n) is 6.12. The third-order valence-electron chi connectivity index (χ3n) is 8.20. The summed E-state index contributed by atoms with van der Waals surface area (Å²) in [4.78, 5) is 0. The van der Waals surface area contributed by atoms with Gasteiger partial charge in [-0.2, -0.15) is 0 Å². The molecule has 2 aliphatic rings. The predicted octanol–water partition coefficient (Wildman–Crippen LogP) is 10.6. The molecular formula is C30H47Cl. The van der Waals surface area contributed by atoms with Crippen LogP contribution in [0.3, 0.4) is 0 Å². The van der Waals surface area contributed by atoms with Gasteiger partial charge in [0.05, 0.1) is 0 Å². The van der Waals surface area contributed by atoms with Gasteiger partial charge in [-0.1, -0.05) is 126 Å². The summed E-state index contributed by atoms with van der Waals surface area (Å²) in [5, 5.41) is 0.916. The number of unbranched alkanes of at least 4 members (excludes halogenated alkanes) is 9. The molecule has 0 bridgehead atoms. The van der Waals surface area contributed by atoms with Crippen LogP contribution in [-0.2, 0) is 0 Å². The van der Waals surface area contributed by atoms with Crippen molar-refractivity contribution in [2.75, 3.05) is 0 Å². The Morgan fingerprint density at radius 2 is 1.39 bits per heavy atom. The molecule has 1 saturated carbocycles. The molecule has 31 heavy (non-hydrogen) atoms. The van der Waals surface area contributed by atoms with Gasteiger partial charge in [0.2, 0.25) is 0 Å². The van der Waals surface area contributed by atoms with Crippen molar-refractivity contribution in [1.29, 1.82) is 0 Å². The summed E-state index contributed by atoms with van der Waals surface area (Å²) >= 11 is 6.42. The van der Waals surface area contributed by atoms with E-state index in [-0.39, 0.29) is 0 Å². The lowest BCUT2D eigenvalue weighted by atomic mass is 9.70. The van der Waals surface area contributed by atoms with Crippen LogP contribution in [-0.4, -0.2) is 0 Å². The van der Waals surface area contributed by atoms with E-state index in [1.165, 1.54) is 127 Å². The predicted molar refractivity (Wildman–Crippen MR) is 139 cm³/mol. The molecule has 0 N–H and O–H groups in total. The fourth-order valence-corrected chi connectivity index (χ4v) is 6.37. The topological polar surface area (TPSA) is 0 Å². The minimum absolute atomic E-state index is 0.916. The lowest BCUT2D eigenvalue weighted by molar-refractivity contribution is 0.187. The maximum absolute atomic E-state index is 6.42. The van der Waals surface area contributed by atoms with Crippen molar-refractivity contribution >= 4 is 17.2 Å². The first-order chi connectivity index (χ1) is 15.3. The molecule has 0 saturated heterocycles. The van der Waals surface area contributed by atoms with Gasteiger partial charge in [-0.15, -0.1) is 0 Å². The number of hydrogen-bond acceptors (Lipinski definition) is 0. The highest BCUT2D eigenvalue weighted by Crippen LogP contribution is 2.42. The van der Waals surface area contributed by atoms with E-state index in [4.69, 9.17) is 11.6 Å². The summed E-state index contributed by atoms with van der Waals surface area (Å²) in [5.74, 6) is 2.93. The summed E-state index contributed by atoms with van der Waals surface area (Å²) < 4.78 is 0. The smallest absolute Gasteiger partial charge is 0.0481 e. The van der Waals surface area contributed by atoms with Crippen LogP contribution in [0.5, 0.6) is 0 Å². The van der Waals surface area contributed by atoms with E-state index >= 15 is 0 Å². The Morgan fingerprint density at radius 3 is 2.00 bits per heavy atom. The van der Waals surface area contributed by atoms with E-state index in [9.17, 15) is 0 Å².